The predicted molar refractivity (Wildman–Crippen MR) is 49.4 cm³/mol. The molecule has 1 nitrogen and oxygen atoms in total. The maximum atomic E-state index is 13.1. The number of halogens is 1. The van der Waals surface area contributed by atoms with Gasteiger partial charge in [-0.1, -0.05) is 6.92 Å². The molecule has 0 N–H and O–H groups in total. The fourth-order valence-corrected chi connectivity index (χ4v) is 1.55. The van der Waals surface area contributed by atoms with Crippen molar-refractivity contribution in [2.45, 2.75) is 11.8 Å². The third-order valence-electron chi connectivity index (χ3n) is 1.44. The van der Waals surface area contributed by atoms with E-state index in [1.54, 1.807) is 12.1 Å². The Balaban J connectivity index is 2.87. The first-order valence-corrected chi connectivity index (χ1v) is 4.72. The van der Waals surface area contributed by atoms with E-state index in [0.29, 0.717) is 10.6 Å². The SMILES string of the molecule is CCSc1ccc(OC)cc1F. The molecule has 0 unspecified atom stereocenters. The Hall–Kier alpha value is -0.700. The summed E-state index contributed by atoms with van der Waals surface area (Å²) in [7, 11) is 1.53. The number of hydrogen-bond donors (Lipinski definition) is 0. The van der Waals surface area contributed by atoms with Crippen LogP contribution in [-0.2, 0) is 0 Å². The number of benzene rings is 1. The topological polar surface area (TPSA) is 9.23 Å². The molecule has 0 amide bonds. The van der Waals surface area contributed by atoms with Crippen LogP contribution in [-0.4, -0.2) is 12.9 Å². The predicted octanol–water partition coefficient (Wildman–Crippen LogP) is 2.95. The van der Waals surface area contributed by atoms with Crippen molar-refractivity contribution in [3.8, 4) is 5.75 Å². The number of ether oxygens (including phenoxy) is 1. The van der Waals surface area contributed by atoms with Crippen LogP contribution < -0.4 is 4.74 Å². The van der Waals surface area contributed by atoms with E-state index in [2.05, 4.69) is 0 Å². The van der Waals surface area contributed by atoms with Crippen molar-refractivity contribution in [1.29, 1.82) is 0 Å². The molecule has 0 spiro atoms. The van der Waals surface area contributed by atoms with E-state index in [0.717, 1.165) is 5.75 Å². The second-order valence-corrected chi connectivity index (χ2v) is 3.54. The number of hydrogen-bond acceptors (Lipinski definition) is 2. The molecular formula is C9H11FOS. The quantitative estimate of drug-likeness (QED) is 0.671. The number of methoxy groups -OCH3 is 1. The highest BCUT2D eigenvalue weighted by Gasteiger charge is 2.02. The Bertz CT molecular complexity index is 263. The Kier molecular flexibility index (Phi) is 3.41. The van der Waals surface area contributed by atoms with Crippen molar-refractivity contribution >= 4 is 11.8 Å². The van der Waals surface area contributed by atoms with Crippen molar-refractivity contribution in [1.82, 2.24) is 0 Å². The van der Waals surface area contributed by atoms with Crippen LogP contribution in [0.2, 0.25) is 0 Å². The average Bonchev–Trinajstić information content (AvgIpc) is 2.09. The van der Waals surface area contributed by atoms with Gasteiger partial charge in [0.05, 0.1) is 7.11 Å². The molecule has 0 saturated carbocycles. The Labute approximate surface area is 75.9 Å². The summed E-state index contributed by atoms with van der Waals surface area (Å²) in [5, 5.41) is 0. The normalized spacial score (nSPS) is 9.92. The molecule has 3 heteroatoms. The summed E-state index contributed by atoms with van der Waals surface area (Å²) in [5.41, 5.74) is 0. The van der Waals surface area contributed by atoms with E-state index in [4.69, 9.17) is 4.74 Å². The first kappa shape index (κ1) is 9.39. The third kappa shape index (κ3) is 2.14. The van der Waals surface area contributed by atoms with Gasteiger partial charge in [-0.3, -0.25) is 0 Å². The van der Waals surface area contributed by atoms with Gasteiger partial charge in [-0.2, -0.15) is 0 Å². The van der Waals surface area contributed by atoms with Crippen molar-refractivity contribution < 1.29 is 9.13 Å². The van der Waals surface area contributed by atoms with Crippen LogP contribution in [0.3, 0.4) is 0 Å². The van der Waals surface area contributed by atoms with Gasteiger partial charge in [0.1, 0.15) is 11.6 Å². The highest BCUT2D eigenvalue weighted by atomic mass is 32.2. The second kappa shape index (κ2) is 4.36. The zero-order valence-corrected chi connectivity index (χ0v) is 7.95. The fourth-order valence-electron chi connectivity index (χ4n) is 0.881. The van der Waals surface area contributed by atoms with Gasteiger partial charge in [-0.15, -0.1) is 11.8 Å². The molecule has 0 saturated heterocycles. The van der Waals surface area contributed by atoms with Gasteiger partial charge in [0, 0.05) is 11.0 Å². The van der Waals surface area contributed by atoms with Crippen LogP contribution in [0.1, 0.15) is 6.92 Å². The van der Waals surface area contributed by atoms with Gasteiger partial charge in [-0.25, -0.2) is 4.39 Å². The first-order valence-electron chi connectivity index (χ1n) is 3.74. The molecule has 0 radical (unpaired) electrons. The van der Waals surface area contributed by atoms with E-state index in [-0.39, 0.29) is 5.82 Å². The van der Waals surface area contributed by atoms with Gasteiger partial charge in [0.2, 0.25) is 0 Å². The summed E-state index contributed by atoms with van der Waals surface area (Å²) < 4.78 is 18.0. The van der Waals surface area contributed by atoms with Gasteiger partial charge in [0.15, 0.2) is 0 Å². The Morgan fingerprint density at radius 2 is 2.25 bits per heavy atom. The molecular weight excluding hydrogens is 175 g/mol. The molecule has 1 aromatic carbocycles. The molecule has 0 aliphatic rings. The minimum atomic E-state index is -0.207. The zero-order chi connectivity index (χ0) is 8.97. The summed E-state index contributed by atoms with van der Waals surface area (Å²) in [4.78, 5) is 0.679. The van der Waals surface area contributed by atoms with E-state index in [1.807, 2.05) is 6.92 Å². The van der Waals surface area contributed by atoms with Crippen molar-refractivity contribution in [2.75, 3.05) is 12.9 Å². The molecule has 0 aliphatic carbocycles. The Morgan fingerprint density at radius 1 is 1.50 bits per heavy atom. The molecule has 1 aromatic rings. The molecule has 1 rings (SSSR count). The van der Waals surface area contributed by atoms with Crippen LogP contribution in [0.25, 0.3) is 0 Å². The average molecular weight is 186 g/mol. The van der Waals surface area contributed by atoms with Crippen LogP contribution >= 0.6 is 11.8 Å². The number of rotatable bonds is 3. The third-order valence-corrected chi connectivity index (χ3v) is 2.37. The molecule has 0 bridgehead atoms. The summed E-state index contributed by atoms with van der Waals surface area (Å²) in [6, 6.07) is 4.90. The summed E-state index contributed by atoms with van der Waals surface area (Å²) >= 11 is 1.49. The van der Waals surface area contributed by atoms with E-state index in [9.17, 15) is 4.39 Å². The molecule has 0 atom stereocenters. The van der Waals surface area contributed by atoms with Crippen LogP contribution in [0.15, 0.2) is 23.1 Å². The minimum Gasteiger partial charge on any atom is -0.497 e. The molecule has 12 heavy (non-hydrogen) atoms. The van der Waals surface area contributed by atoms with E-state index < -0.39 is 0 Å². The summed E-state index contributed by atoms with van der Waals surface area (Å²) in [6.07, 6.45) is 0. The smallest absolute Gasteiger partial charge is 0.140 e. The molecule has 0 heterocycles. The van der Waals surface area contributed by atoms with E-state index >= 15 is 0 Å². The van der Waals surface area contributed by atoms with Gasteiger partial charge >= 0.3 is 0 Å². The van der Waals surface area contributed by atoms with Gasteiger partial charge in [-0.05, 0) is 17.9 Å². The molecule has 0 aromatic heterocycles. The van der Waals surface area contributed by atoms with Crippen LogP contribution in [0.4, 0.5) is 4.39 Å². The fraction of sp³-hybridized carbons (Fsp3) is 0.333. The molecule has 0 aliphatic heterocycles. The largest absolute Gasteiger partial charge is 0.497 e. The highest BCUT2D eigenvalue weighted by molar-refractivity contribution is 7.99. The maximum Gasteiger partial charge on any atom is 0.140 e. The van der Waals surface area contributed by atoms with Crippen molar-refractivity contribution in [2.24, 2.45) is 0 Å². The second-order valence-electron chi connectivity index (χ2n) is 2.23. The van der Waals surface area contributed by atoms with Crippen molar-refractivity contribution in [3.63, 3.8) is 0 Å². The van der Waals surface area contributed by atoms with Crippen molar-refractivity contribution in [3.05, 3.63) is 24.0 Å². The maximum absolute atomic E-state index is 13.1. The molecule has 0 fully saturated rings. The standard InChI is InChI=1S/C9H11FOS/c1-3-12-9-5-4-7(11-2)6-8(9)10/h4-6H,3H2,1-2H3. The summed E-state index contributed by atoms with van der Waals surface area (Å²) in [6.45, 7) is 1.99. The monoisotopic (exact) mass is 186 g/mol. The summed E-state index contributed by atoms with van der Waals surface area (Å²) in [5.74, 6) is 1.23. The lowest BCUT2D eigenvalue weighted by atomic mass is 10.3. The van der Waals surface area contributed by atoms with Crippen LogP contribution in [0, 0.1) is 5.82 Å². The lowest BCUT2D eigenvalue weighted by Gasteiger charge is -2.03. The van der Waals surface area contributed by atoms with E-state index in [1.165, 1.54) is 24.9 Å². The number of thioether (sulfide) groups is 1. The van der Waals surface area contributed by atoms with Gasteiger partial charge in [0.25, 0.3) is 0 Å². The zero-order valence-electron chi connectivity index (χ0n) is 7.13. The first-order chi connectivity index (χ1) is 5.77. The minimum absolute atomic E-state index is 0.207. The Morgan fingerprint density at radius 3 is 2.75 bits per heavy atom. The lowest BCUT2D eigenvalue weighted by Crippen LogP contribution is -1.86. The van der Waals surface area contributed by atoms with Gasteiger partial charge < -0.3 is 4.74 Å². The van der Waals surface area contributed by atoms with Crippen LogP contribution in [0.5, 0.6) is 5.75 Å². The lowest BCUT2D eigenvalue weighted by molar-refractivity contribution is 0.410. The highest BCUT2D eigenvalue weighted by Crippen LogP contribution is 2.24. The molecule has 66 valence electrons.